The Morgan fingerprint density at radius 1 is 1.29 bits per heavy atom. The van der Waals surface area contributed by atoms with E-state index in [2.05, 4.69) is 15.4 Å². The van der Waals surface area contributed by atoms with Crippen LogP contribution in [0.3, 0.4) is 0 Å². The van der Waals surface area contributed by atoms with Crippen LogP contribution >= 0.6 is 23.5 Å². The summed E-state index contributed by atoms with van der Waals surface area (Å²) in [6.45, 7) is 4.04. The van der Waals surface area contributed by atoms with Crippen LogP contribution in [0.25, 0.3) is 0 Å². The van der Waals surface area contributed by atoms with E-state index in [1.54, 1.807) is 19.2 Å². The van der Waals surface area contributed by atoms with Gasteiger partial charge in [0.2, 0.25) is 0 Å². The average molecular weight is 426 g/mol. The molecular formula is C19H24ClN3O4S. The van der Waals surface area contributed by atoms with Crippen LogP contribution < -0.4 is 26.2 Å². The van der Waals surface area contributed by atoms with Crippen LogP contribution in [0.1, 0.15) is 33.1 Å². The fraction of sp³-hybridized carbons (Fsp3) is 0.474. The highest BCUT2D eigenvalue weighted by atomic mass is 35.5. The van der Waals surface area contributed by atoms with Gasteiger partial charge in [-0.1, -0.05) is 18.5 Å². The second kappa shape index (κ2) is 8.73. The first-order chi connectivity index (χ1) is 13.4. The van der Waals surface area contributed by atoms with Gasteiger partial charge in [-0.15, -0.1) is 0 Å². The molecule has 1 fully saturated rings. The Morgan fingerprint density at radius 3 is 2.61 bits per heavy atom. The number of phenolic OH excluding ortho intramolecular Hbond substituents is 1. The second-order valence-electron chi connectivity index (χ2n) is 6.83. The number of benzene rings is 1. The molecule has 3 rings (SSSR count). The zero-order chi connectivity index (χ0) is 20.4. The van der Waals surface area contributed by atoms with Gasteiger partial charge in [-0.2, -0.15) is 0 Å². The zero-order valence-corrected chi connectivity index (χ0v) is 17.5. The van der Waals surface area contributed by atoms with Gasteiger partial charge in [0, 0.05) is 0 Å². The van der Waals surface area contributed by atoms with Gasteiger partial charge in [0.1, 0.15) is 11.4 Å². The van der Waals surface area contributed by atoms with Crippen molar-refractivity contribution in [2.45, 2.75) is 56.3 Å². The summed E-state index contributed by atoms with van der Waals surface area (Å²) in [6.07, 6.45) is 2.84. The molecule has 9 heteroatoms. The first-order valence-corrected chi connectivity index (χ1v) is 10.4. The molecule has 2 unspecified atom stereocenters. The molecule has 0 amide bonds. The van der Waals surface area contributed by atoms with E-state index < -0.39 is 10.9 Å². The minimum atomic E-state index is -0.616. The Kier molecular flexibility index (Phi) is 6.54. The van der Waals surface area contributed by atoms with Gasteiger partial charge >= 0.3 is 0 Å². The maximum absolute atomic E-state index is 12.2. The highest BCUT2D eigenvalue weighted by Gasteiger charge is 2.31. The quantitative estimate of drug-likeness (QED) is 0.290. The lowest BCUT2D eigenvalue weighted by molar-refractivity contribution is 0.0438. The minimum absolute atomic E-state index is 0.000169. The Hall–Kier alpha value is -1.74. The molecule has 0 radical (unpaired) electrons. The predicted molar refractivity (Wildman–Crippen MR) is 114 cm³/mol. The van der Waals surface area contributed by atoms with Crippen LogP contribution in [0.4, 0.5) is 17.1 Å². The lowest BCUT2D eigenvalue weighted by Gasteiger charge is -2.26. The van der Waals surface area contributed by atoms with Crippen molar-refractivity contribution in [2.24, 2.45) is 0 Å². The number of halogens is 1. The van der Waals surface area contributed by atoms with Crippen LogP contribution in [0.2, 0.25) is 5.02 Å². The van der Waals surface area contributed by atoms with E-state index in [9.17, 15) is 14.7 Å². The van der Waals surface area contributed by atoms with Gasteiger partial charge in [-0.25, -0.2) is 0 Å². The average Bonchev–Trinajstić information content (AvgIpc) is 3.11. The predicted octanol–water partition coefficient (Wildman–Crippen LogP) is 3.37. The maximum atomic E-state index is 12.2. The Labute approximate surface area is 172 Å². The van der Waals surface area contributed by atoms with E-state index in [0.717, 1.165) is 31.2 Å². The molecule has 0 aromatic heterocycles. The van der Waals surface area contributed by atoms with Gasteiger partial charge in [-0.3, -0.25) is 14.3 Å². The third kappa shape index (κ3) is 4.00. The van der Waals surface area contributed by atoms with Crippen molar-refractivity contribution in [3.63, 3.8) is 0 Å². The summed E-state index contributed by atoms with van der Waals surface area (Å²) < 4.78 is 8.76. The monoisotopic (exact) mass is 425 g/mol. The number of phenols is 1. The molecule has 7 nitrogen and oxygen atoms in total. The van der Waals surface area contributed by atoms with Crippen LogP contribution in [-0.4, -0.2) is 30.4 Å². The minimum Gasteiger partial charge on any atom is -0.505 e. The number of hydrogen-bond donors (Lipinski definition) is 4. The van der Waals surface area contributed by atoms with Gasteiger partial charge in [0.05, 0.1) is 33.9 Å². The fourth-order valence-electron chi connectivity index (χ4n) is 3.40. The van der Waals surface area contributed by atoms with Crippen LogP contribution in [0, 0.1) is 0 Å². The fourth-order valence-corrected chi connectivity index (χ4v) is 4.25. The summed E-state index contributed by atoms with van der Waals surface area (Å²) in [4.78, 5) is 24.7. The Bertz CT molecular complexity index is 929. The van der Waals surface area contributed by atoms with Crippen molar-refractivity contribution >= 4 is 40.6 Å². The van der Waals surface area contributed by atoms with Gasteiger partial charge < -0.3 is 20.5 Å². The molecule has 1 aliphatic rings. The summed E-state index contributed by atoms with van der Waals surface area (Å²) in [7, 11) is 1.70. The zero-order valence-electron chi connectivity index (χ0n) is 16.0. The van der Waals surface area contributed by atoms with Crippen LogP contribution in [0.15, 0.2) is 26.6 Å². The first kappa shape index (κ1) is 21.0. The molecule has 0 saturated carbocycles. The topological polar surface area (TPSA) is 99.7 Å². The van der Waals surface area contributed by atoms with E-state index in [1.807, 2.05) is 13.8 Å². The molecular weight excluding hydrogens is 402 g/mol. The van der Waals surface area contributed by atoms with Crippen molar-refractivity contribution in [1.29, 1.82) is 0 Å². The summed E-state index contributed by atoms with van der Waals surface area (Å²) in [5, 5.41) is 16.9. The van der Waals surface area contributed by atoms with E-state index in [0.29, 0.717) is 15.6 Å². The van der Waals surface area contributed by atoms with Crippen molar-refractivity contribution in [3.8, 4) is 5.75 Å². The molecule has 152 valence electrons. The number of nitrogens with one attached hydrogen (secondary N) is 3. The van der Waals surface area contributed by atoms with E-state index in [4.69, 9.17) is 16.3 Å². The van der Waals surface area contributed by atoms with Gasteiger partial charge in [-0.05, 0) is 57.3 Å². The van der Waals surface area contributed by atoms with Crippen LogP contribution in [-0.2, 0) is 4.74 Å². The Balaban J connectivity index is 1.84. The third-order valence-electron chi connectivity index (χ3n) is 4.94. The lowest BCUT2D eigenvalue weighted by atomic mass is 10.0. The highest BCUT2D eigenvalue weighted by Crippen LogP contribution is 2.40. The number of aromatic hydroxyl groups is 1. The number of rotatable bonds is 8. The largest absolute Gasteiger partial charge is 0.505 e. The number of ether oxygens (including phenoxy) is 1. The van der Waals surface area contributed by atoms with E-state index >= 15 is 0 Å². The molecule has 2 aromatic carbocycles. The molecule has 3 atom stereocenters. The molecule has 1 saturated heterocycles. The summed E-state index contributed by atoms with van der Waals surface area (Å²) in [5.41, 5.74) is -0.499. The lowest BCUT2D eigenvalue weighted by Crippen LogP contribution is -2.42. The molecule has 1 aliphatic heterocycles. The summed E-state index contributed by atoms with van der Waals surface area (Å²) in [6, 6.07) is 3.12. The van der Waals surface area contributed by atoms with Crippen molar-refractivity contribution in [2.75, 3.05) is 17.7 Å². The normalized spacial score (nSPS) is 20.4. The van der Waals surface area contributed by atoms with Crippen LogP contribution in [0.5, 0.6) is 5.75 Å². The second-order valence-corrected chi connectivity index (χ2v) is 8.26. The third-order valence-corrected chi connectivity index (χ3v) is 6.19. The SMILES string of the molecule is CC[C@@H](Nc1c(Nc2ccc(Cl)c(SNC)c2O)c(=O)c1=O)C1CCC(C)O1. The smallest absolute Gasteiger partial charge is 0.253 e. The van der Waals surface area contributed by atoms with Gasteiger partial charge in [0.25, 0.3) is 10.9 Å². The van der Waals surface area contributed by atoms with E-state index in [1.165, 1.54) is 0 Å². The highest BCUT2D eigenvalue weighted by molar-refractivity contribution is 7.97. The molecule has 28 heavy (non-hydrogen) atoms. The van der Waals surface area contributed by atoms with E-state index in [-0.39, 0.29) is 35.4 Å². The molecule has 1 heterocycles. The molecule has 0 bridgehead atoms. The molecule has 2 aromatic rings. The summed E-state index contributed by atoms with van der Waals surface area (Å²) >= 11 is 7.27. The first-order valence-electron chi connectivity index (χ1n) is 9.24. The van der Waals surface area contributed by atoms with Gasteiger partial charge in [0.15, 0.2) is 5.75 Å². The molecule has 0 spiro atoms. The Morgan fingerprint density at radius 2 is 2.00 bits per heavy atom. The maximum Gasteiger partial charge on any atom is 0.253 e. The molecule has 0 aliphatic carbocycles. The van der Waals surface area contributed by atoms with Crippen molar-refractivity contribution < 1.29 is 9.84 Å². The number of hydrogen-bond acceptors (Lipinski definition) is 8. The van der Waals surface area contributed by atoms with Crippen molar-refractivity contribution in [1.82, 2.24) is 4.72 Å². The summed E-state index contributed by atoms with van der Waals surface area (Å²) in [5.74, 6) is -0.0918. The standard InChI is InChI=1S/C19H24ClN3O4S/c1-4-11(13-8-5-9(2)27-13)22-14-15(18(26)17(14)25)23-12-7-6-10(20)19(16(12)24)28-21-3/h6-7,9,11,13,21-24H,4-5,8H2,1-3H3/t9?,11-,13?/m1/s1. The molecule has 4 N–H and O–H groups in total. The van der Waals surface area contributed by atoms with Crippen molar-refractivity contribution in [3.05, 3.63) is 37.6 Å². The number of anilines is 3.